The summed E-state index contributed by atoms with van der Waals surface area (Å²) < 4.78 is 5.25. The van der Waals surface area contributed by atoms with Crippen molar-refractivity contribution in [2.24, 2.45) is 0 Å². The third-order valence-corrected chi connectivity index (χ3v) is 3.06. The lowest BCUT2D eigenvalue weighted by Gasteiger charge is -2.17. The predicted molar refractivity (Wildman–Crippen MR) is 77.7 cm³/mol. The van der Waals surface area contributed by atoms with Crippen LogP contribution >= 0.6 is 0 Å². The smallest absolute Gasteiger partial charge is 0.250 e. The largest absolute Gasteiger partial charge is 0.369 e. The van der Waals surface area contributed by atoms with Gasteiger partial charge in [-0.3, -0.25) is 9.59 Å². The van der Waals surface area contributed by atoms with E-state index in [4.69, 9.17) is 4.74 Å². The van der Waals surface area contributed by atoms with Crippen molar-refractivity contribution in [1.29, 1.82) is 0 Å². The van der Waals surface area contributed by atoms with Gasteiger partial charge in [0.1, 0.15) is 6.61 Å². The van der Waals surface area contributed by atoms with Crippen molar-refractivity contribution in [2.45, 2.75) is 32.8 Å². The average Bonchev–Trinajstić information content (AvgIpc) is 2.83. The normalized spacial score (nSPS) is 14.9. The van der Waals surface area contributed by atoms with E-state index in [9.17, 15) is 9.59 Å². The van der Waals surface area contributed by atoms with Crippen LogP contribution in [-0.4, -0.2) is 31.1 Å². The Morgan fingerprint density at radius 3 is 2.90 bits per heavy atom. The summed E-state index contributed by atoms with van der Waals surface area (Å²) in [6.07, 6.45) is 1.51. The van der Waals surface area contributed by atoms with E-state index in [1.807, 2.05) is 32.0 Å². The summed E-state index contributed by atoms with van der Waals surface area (Å²) in [6, 6.07) is 7.33. The van der Waals surface area contributed by atoms with E-state index in [1.165, 1.54) is 0 Å². The first kappa shape index (κ1) is 14.5. The molecule has 1 aliphatic heterocycles. The van der Waals surface area contributed by atoms with Gasteiger partial charge in [0.15, 0.2) is 0 Å². The van der Waals surface area contributed by atoms with Crippen molar-refractivity contribution in [1.82, 2.24) is 0 Å². The Labute approximate surface area is 118 Å². The van der Waals surface area contributed by atoms with Crippen LogP contribution in [0.4, 0.5) is 11.4 Å². The van der Waals surface area contributed by atoms with Gasteiger partial charge in [0.05, 0.1) is 6.10 Å². The molecule has 5 heteroatoms. The Bertz CT molecular complexity index is 500. The van der Waals surface area contributed by atoms with E-state index >= 15 is 0 Å². The number of hydrogen-bond donors (Lipinski definition) is 1. The van der Waals surface area contributed by atoms with Crippen LogP contribution in [0, 0.1) is 0 Å². The van der Waals surface area contributed by atoms with Crippen LogP contribution in [0.25, 0.3) is 0 Å². The quantitative estimate of drug-likeness (QED) is 0.896. The molecule has 20 heavy (non-hydrogen) atoms. The SMILES string of the molecule is CC(C)OCC(=O)Nc1cccc(N2CCCC2=O)c1. The minimum absolute atomic E-state index is 0.0225. The lowest BCUT2D eigenvalue weighted by Crippen LogP contribution is -2.24. The second-order valence-corrected chi connectivity index (χ2v) is 5.11. The third kappa shape index (κ3) is 3.81. The number of amides is 2. The molecule has 2 rings (SSSR count). The van der Waals surface area contributed by atoms with Crippen molar-refractivity contribution < 1.29 is 14.3 Å². The van der Waals surface area contributed by atoms with Crippen LogP contribution in [0.15, 0.2) is 24.3 Å². The summed E-state index contributed by atoms with van der Waals surface area (Å²) in [6.45, 7) is 4.54. The van der Waals surface area contributed by atoms with Gasteiger partial charge in [-0.05, 0) is 38.5 Å². The third-order valence-electron chi connectivity index (χ3n) is 3.06. The van der Waals surface area contributed by atoms with Gasteiger partial charge >= 0.3 is 0 Å². The van der Waals surface area contributed by atoms with Gasteiger partial charge in [0.25, 0.3) is 0 Å². The molecular weight excluding hydrogens is 256 g/mol. The number of ether oxygens (including phenoxy) is 1. The number of carbonyl (C=O) groups excluding carboxylic acids is 2. The van der Waals surface area contributed by atoms with Crippen LogP contribution in [0.2, 0.25) is 0 Å². The van der Waals surface area contributed by atoms with Gasteiger partial charge in [-0.15, -0.1) is 0 Å². The van der Waals surface area contributed by atoms with Crippen molar-refractivity contribution in [3.63, 3.8) is 0 Å². The van der Waals surface area contributed by atoms with Gasteiger partial charge < -0.3 is 15.0 Å². The molecule has 0 radical (unpaired) electrons. The lowest BCUT2D eigenvalue weighted by atomic mass is 10.2. The number of hydrogen-bond acceptors (Lipinski definition) is 3. The highest BCUT2D eigenvalue weighted by atomic mass is 16.5. The lowest BCUT2D eigenvalue weighted by molar-refractivity contribution is -0.122. The molecule has 1 saturated heterocycles. The number of benzene rings is 1. The Hall–Kier alpha value is -1.88. The molecule has 0 aromatic heterocycles. The molecule has 1 aromatic carbocycles. The number of carbonyl (C=O) groups is 2. The highest BCUT2D eigenvalue weighted by Gasteiger charge is 2.21. The molecule has 0 unspecified atom stereocenters. The zero-order valence-electron chi connectivity index (χ0n) is 11.9. The second-order valence-electron chi connectivity index (χ2n) is 5.11. The van der Waals surface area contributed by atoms with E-state index < -0.39 is 0 Å². The molecule has 1 fully saturated rings. The molecule has 108 valence electrons. The fourth-order valence-electron chi connectivity index (χ4n) is 2.11. The van der Waals surface area contributed by atoms with Crippen LogP contribution in [0.1, 0.15) is 26.7 Å². The minimum atomic E-state index is -0.191. The van der Waals surface area contributed by atoms with Crippen molar-refractivity contribution in [3.05, 3.63) is 24.3 Å². The number of anilines is 2. The van der Waals surface area contributed by atoms with Crippen molar-refractivity contribution in [3.8, 4) is 0 Å². The molecule has 0 spiro atoms. The molecule has 1 aromatic rings. The Morgan fingerprint density at radius 1 is 1.45 bits per heavy atom. The van der Waals surface area contributed by atoms with Crippen LogP contribution in [-0.2, 0) is 14.3 Å². The van der Waals surface area contributed by atoms with E-state index in [0.29, 0.717) is 12.1 Å². The number of nitrogens with zero attached hydrogens (tertiary/aromatic N) is 1. The summed E-state index contributed by atoms with van der Waals surface area (Å²) in [7, 11) is 0. The van der Waals surface area contributed by atoms with E-state index in [0.717, 1.165) is 18.7 Å². The monoisotopic (exact) mass is 276 g/mol. The van der Waals surface area contributed by atoms with E-state index in [2.05, 4.69) is 5.32 Å². The second kappa shape index (κ2) is 6.52. The summed E-state index contributed by atoms with van der Waals surface area (Å²) >= 11 is 0. The summed E-state index contributed by atoms with van der Waals surface area (Å²) in [5.74, 6) is -0.0554. The van der Waals surface area contributed by atoms with E-state index in [1.54, 1.807) is 11.0 Å². The van der Waals surface area contributed by atoms with Crippen LogP contribution < -0.4 is 10.2 Å². The summed E-state index contributed by atoms with van der Waals surface area (Å²) in [5.41, 5.74) is 1.51. The molecule has 2 amide bonds. The Morgan fingerprint density at radius 2 is 2.25 bits per heavy atom. The first-order valence-corrected chi connectivity index (χ1v) is 6.88. The minimum Gasteiger partial charge on any atom is -0.369 e. The van der Waals surface area contributed by atoms with Crippen LogP contribution in [0.5, 0.6) is 0 Å². The first-order valence-electron chi connectivity index (χ1n) is 6.88. The average molecular weight is 276 g/mol. The highest BCUT2D eigenvalue weighted by Crippen LogP contribution is 2.24. The maximum atomic E-state index is 11.7. The molecule has 0 bridgehead atoms. The maximum absolute atomic E-state index is 11.7. The molecule has 1 N–H and O–H groups in total. The molecule has 0 saturated carbocycles. The van der Waals surface area contributed by atoms with E-state index in [-0.39, 0.29) is 24.5 Å². The standard InChI is InChI=1S/C15H20N2O3/c1-11(2)20-10-14(18)16-12-5-3-6-13(9-12)17-8-4-7-15(17)19/h3,5-6,9,11H,4,7-8,10H2,1-2H3,(H,16,18). The Kier molecular flexibility index (Phi) is 4.74. The van der Waals surface area contributed by atoms with Gasteiger partial charge in [0.2, 0.25) is 11.8 Å². The van der Waals surface area contributed by atoms with Gasteiger partial charge in [0, 0.05) is 24.3 Å². The molecule has 1 heterocycles. The fraction of sp³-hybridized carbons (Fsp3) is 0.467. The number of rotatable bonds is 5. The molecule has 5 nitrogen and oxygen atoms in total. The topological polar surface area (TPSA) is 58.6 Å². The van der Waals surface area contributed by atoms with Crippen molar-refractivity contribution >= 4 is 23.2 Å². The highest BCUT2D eigenvalue weighted by molar-refractivity contribution is 5.97. The maximum Gasteiger partial charge on any atom is 0.250 e. The summed E-state index contributed by atoms with van der Waals surface area (Å²) in [4.78, 5) is 25.2. The molecule has 0 aliphatic carbocycles. The van der Waals surface area contributed by atoms with Crippen molar-refractivity contribution in [2.75, 3.05) is 23.4 Å². The zero-order valence-corrected chi connectivity index (χ0v) is 11.9. The van der Waals surface area contributed by atoms with Gasteiger partial charge in [-0.1, -0.05) is 6.07 Å². The predicted octanol–water partition coefficient (Wildman–Crippen LogP) is 2.18. The molecular formula is C15H20N2O3. The van der Waals surface area contributed by atoms with Crippen LogP contribution in [0.3, 0.4) is 0 Å². The van der Waals surface area contributed by atoms with Gasteiger partial charge in [-0.2, -0.15) is 0 Å². The molecule has 0 atom stereocenters. The fourth-order valence-corrected chi connectivity index (χ4v) is 2.11. The molecule has 1 aliphatic rings. The zero-order chi connectivity index (χ0) is 14.5. The van der Waals surface area contributed by atoms with Gasteiger partial charge in [-0.25, -0.2) is 0 Å². The summed E-state index contributed by atoms with van der Waals surface area (Å²) in [5, 5.41) is 2.77. The Balaban J connectivity index is 1.99. The number of nitrogens with one attached hydrogen (secondary N) is 1. The first-order chi connectivity index (χ1) is 9.56.